The lowest BCUT2D eigenvalue weighted by Crippen LogP contribution is -2.14. The molecule has 0 aliphatic carbocycles. The van der Waals surface area contributed by atoms with Crippen LogP contribution in [0.25, 0.3) is 21.6 Å². The molecule has 0 bridgehead atoms. The highest BCUT2D eigenvalue weighted by Gasteiger charge is 2.32. The number of alkyl halides is 3. The van der Waals surface area contributed by atoms with Crippen LogP contribution in [0.2, 0.25) is 10.0 Å². The van der Waals surface area contributed by atoms with Gasteiger partial charge in [0.2, 0.25) is 5.82 Å². The first-order valence-electron chi connectivity index (χ1n) is 10.0. The number of aromatic amines is 1. The largest absolute Gasteiger partial charge is 0.416 e. The van der Waals surface area contributed by atoms with Crippen molar-refractivity contribution < 1.29 is 21.6 Å². The van der Waals surface area contributed by atoms with Gasteiger partial charge in [-0.3, -0.25) is 4.72 Å². The highest BCUT2D eigenvalue weighted by molar-refractivity contribution is 8.01. The number of benzene rings is 3. The molecular weight excluding hydrogens is 592 g/mol. The van der Waals surface area contributed by atoms with Gasteiger partial charge in [0.05, 0.1) is 26.5 Å². The fourth-order valence-electron chi connectivity index (χ4n) is 3.26. The summed E-state index contributed by atoms with van der Waals surface area (Å²) in [5.41, 5.74) is 0.562. The second kappa shape index (κ2) is 9.76. The molecule has 0 aliphatic rings. The van der Waals surface area contributed by atoms with E-state index in [9.17, 15) is 21.6 Å². The van der Waals surface area contributed by atoms with Crippen molar-refractivity contribution in [1.29, 1.82) is 0 Å². The number of nitrogens with one attached hydrogen (secondary N) is 2. The number of hydrogen-bond donors (Lipinski definition) is 2. The molecule has 5 rings (SSSR count). The van der Waals surface area contributed by atoms with E-state index >= 15 is 0 Å². The zero-order valence-corrected chi connectivity index (χ0v) is 21.9. The van der Waals surface area contributed by atoms with E-state index in [1.807, 2.05) is 18.2 Å². The van der Waals surface area contributed by atoms with Gasteiger partial charge in [-0.05, 0) is 59.8 Å². The van der Waals surface area contributed by atoms with E-state index in [-0.39, 0.29) is 10.7 Å². The van der Waals surface area contributed by atoms with Crippen molar-refractivity contribution in [3.63, 3.8) is 0 Å². The Morgan fingerprint density at radius 1 is 1.03 bits per heavy atom. The predicted octanol–water partition coefficient (Wildman–Crippen LogP) is 6.75. The smallest absolute Gasteiger partial charge is 0.279 e. The summed E-state index contributed by atoms with van der Waals surface area (Å²) in [5.74, 6) is 0.449. The monoisotopic (exact) mass is 602 g/mol. The Morgan fingerprint density at radius 3 is 2.54 bits per heavy atom. The van der Waals surface area contributed by atoms with Gasteiger partial charge in [0.25, 0.3) is 10.0 Å². The maximum absolute atomic E-state index is 12.9. The van der Waals surface area contributed by atoms with Crippen LogP contribution < -0.4 is 4.72 Å². The second-order valence-electron chi connectivity index (χ2n) is 7.42. The molecule has 5 aromatic rings. The fourth-order valence-corrected chi connectivity index (χ4v) is 7.32. The number of sulfonamides is 1. The number of H-pyrrole nitrogens is 1. The van der Waals surface area contributed by atoms with Gasteiger partial charge in [0.1, 0.15) is 4.90 Å². The normalized spacial score (nSPS) is 12.2. The number of aromatic nitrogens is 5. The van der Waals surface area contributed by atoms with Gasteiger partial charge in [0.15, 0.2) is 4.34 Å². The molecular formula is C21H11Cl2F3N6O2S3. The molecule has 0 fully saturated rings. The molecule has 37 heavy (non-hydrogen) atoms. The second-order valence-corrected chi connectivity index (χ2v) is 12.3. The highest BCUT2D eigenvalue weighted by atomic mass is 35.5. The van der Waals surface area contributed by atoms with Crippen molar-refractivity contribution in [1.82, 2.24) is 25.6 Å². The summed E-state index contributed by atoms with van der Waals surface area (Å²) in [6, 6.07) is 12.1. The molecule has 0 atom stereocenters. The van der Waals surface area contributed by atoms with Crippen LogP contribution in [0.1, 0.15) is 5.56 Å². The Bertz CT molecular complexity index is 1730. The first kappa shape index (κ1) is 25.7. The number of thiazole rings is 1. The molecule has 0 saturated carbocycles. The van der Waals surface area contributed by atoms with Crippen LogP contribution in [0.5, 0.6) is 0 Å². The molecule has 0 aliphatic heterocycles. The van der Waals surface area contributed by atoms with Crippen LogP contribution >= 0.6 is 46.3 Å². The molecule has 190 valence electrons. The van der Waals surface area contributed by atoms with Gasteiger partial charge < -0.3 is 0 Å². The number of halogens is 5. The van der Waals surface area contributed by atoms with E-state index in [4.69, 9.17) is 23.2 Å². The van der Waals surface area contributed by atoms with E-state index < -0.39 is 31.7 Å². The average Bonchev–Trinajstić information content (AvgIpc) is 3.46. The molecule has 16 heteroatoms. The van der Waals surface area contributed by atoms with E-state index in [1.54, 1.807) is 6.07 Å². The number of tetrazole rings is 1. The fraction of sp³-hybridized carbons (Fsp3) is 0.0476. The number of hydrogen-bond acceptors (Lipinski definition) is 8. The lowest BCUT2D eigenvalue weighted by molar-refractivity contribution is -0.137. The summed E-state index contributed by atoms with van der Waals surface area (Å²) in [7, 11) is -4.31. The molecule has 3 aromatic carbocycles. The predicted molar refractivity (Wildman–Crippen MR) is 136 cm³/mol. The molecule has 0 radical (unpaired) electrons. The third-order valence-electron chi connectivity index (χ3n) is 4.85. The molecule has 0 amide bonds. The van der Waals surface area contributed by atoms with Crippen LogP contribution in [0.3, 0.4) is 0 Å². The van der Waals surface area contributed by atoms with Gasteiger partial charge in [0, 0.05) is 15.5 Å². The number of nitrogens with zero attached hydrogens (tertiary/aromatic N) is 4. The summed E-state index contributed by atoms with van der Waals surface area (Å²) in [6.45, 7) is 0. The molecule has 0 unspecified atom stereocenters. The Balaban J connectivity index is 1.39. The Kier molecular flexibility index (Phi) is 6.79. The van der Waals surface area contributed by atoms with Crippen molar-refractivity contribution in [3.05, 3.63) is 70.2 Å². The quantitative estimate of drug-likeness (QED) is 0.221. The topological polar surface area (TPSA) is 114 Å². The zero-order chi connectivity index (χ0) is 26.4. The molecule has 2 N–H and O–H groups in total. The van der Waals surface area contributed by atoms with E-state index in [2.05, 4.69) is 30.3 Å². The van der Waals surface area contributed by atoms with E-state index in [0.717, 1.165) is 21.8 Å². The summed E-state index contributed by atoms with van der Waals surface area (Å²) in [6.07, 6.45) is -4.66. The van der Waals surface area contributed by atoms with Crippen molar-refractivity contribution >= 4 is 72.2 Å². The van der Waals surface area contributed by atoms with Crippen molar-refractivity contribution in [2.24, 2.45) is 0 Å². The standard InChI is InChI=1S/C21H11Cl2F3N6O2S3/c22-12-7-13(30-37(33,34)18-4-2-11(6-15(18)23)21(24,25)26)9-14(8-12)35-20-27-16-3-1-10(5-17(16)36-20)19-28-31-32-29-19/h1-9,30H,(H,28,29,31,32). The lowest BCUT2D eigenvalue weighted by Gasteiger charge is -2.13. The van der Waals surface area contributed by atoms with Gasteiger partial charge in [-0.2, -0.15) is 18.4 Å². The van der Waals surface area contributed by atoms with Crippen LogP contribution in [-0.2, 0) is 16.2 Å². The van der Waals surface area contributed by atoms with E-state index in [1.165, 1.54) is 35.2 Å². The molecule has 0 saturated heterocycles. The van der Waals surface area contributed by atoms with Crippen LogP contribution in [-0.4, -0.2) is 34.0 Å². The molecule has 2 aromatic heterocycles. The number of rotatable bonds is 6. The zero-order valence-electron chi connectivity index (χ0n) is 17.9. The van der Waals surface area contributed by atoms with Crippen molar-refractivity contribution in [2.45, 2.75) is 20.3 Å². The molecule has 0 spiro atoms. The molecule has 2 heterocycles. The third kappa shape index (κ3) is 5.67. The Hall–Kier alpha value is -2.91. The van der Waals surface area contributed by atoms with Crippen LogP contribution in [0.15, 0.2) is 68.7 Å². The number of fused-ring (bicyclic) bond motifs is 1. The number of anilines is 1. The van der Waals surface area contributed by atoms with Crippen LogP contribution in [0, 0.1) is 0 Å². The minimum Gasteiger partial charge on any atom is -0.279 e. The van der Waals surface area contributed by atoms with Gasteiger partial charge >= 0.3 is 6.18 Å². The summed E-state index contributed by atoms with van der Waals surface area (Å²) in [5, 5.41) is 13.6. The van der Waals surface area contributed by atoms with Gasteiger partial charge in [-0.25, -0.2) is 13.4 Å². The van der Waals surface area contributed by atoms with Crippen LogP contribution in [0.4, 0.5) is 18.9 Å². The SMILES string of the molecule is O=S(=O)(Nc1cc(Cl)cc(Sc2nc3ccc(-c4nn[nH]n4)cc3s2)c1)c1ccc(C(F)(F)F)cc1Cl. The summed E-state index contributed by atoms with van der Waals surface area (Å²) < 4.78 is 68.3. The minimum absolute atomic E-state index is 0.103. The maximum Gasteiger partial charge on any atom is 0.416 e. The average molecular weight is 603 g/mol. The van der Waals surface area contributed by atoms with Crippen molar-refractivity contribution in [3.8, 4) is 11.4 Å². The Morgan fingerprint density at radius 2 is 1.84 bits per heavy atom. The first-order valence-corrected chi connectivity index (χ1v) is 13.9. The van der Waals surface area contributed by atoms with Gasteiger partial charge in [-0.1, -0.05) is 35.0 Å². The summed E-state index contributed by atoms with van der Waals surface area (Å²) in [4.78, 5) is 4.66. The lowest BCUT2D eigenvalue weighted by atomic mass is 10.2. The Labute approximate surface area is 225 Å². The maximum atomic E-state index is 12.9. The minimum atomic E-state index is -4.66. The first-order chi connectivity index (χ1) is 17.5. The summed E-state index contributed by atoms with van der Waals surface area (Å²) >= 11 is 14.7. The van der Waals surface area contributed by atoms with E-state index in [0.29, 0.717) is 27.2 Å². The van der Waals surface area contributed by atoms with Crippen molar-refractivity contribution in [2.75, 3.05) is 4.72 Å². The third-order valence-corrected chi connectivity index (χ3v) is 8.98. The molecule has 8 nitrogen and oxygen atoms in total. The highest BCUT2D eigenvalue weighted by Crippen LogP contribution is 2.38. The van der Waals surface area contributed by atoms with Gasteiger partial charge in [-0.15, -0.1) is 21.5 Å².